The lowest BCUT2D eigenvalue weighted by Crippen LogP contribution is -2.09. The topological polar surface area (TPSA) is 92.0 Å². The van der Waals surface area contributed by atoms with E-state index in [0.717, 1.165) is 17.8 Å². The van der Waals surface area contributed by atoms with E-state index in [0.29, 0.717) is 10.5 Å². The molecule has 0 unspecified atom stereocenters. The molecule has 94 valence electrons. The van der Waals surface area contributed by atoms with E-state index < -0.39 is 5.82 Å². The zero-order valence-electron chi connectivity index (χ0n) is 9.18. The van der Waals surface area contributed by atoms with E-state index >= 15 is 0 Å². The highest BCUT2D eigenvalue weighted by Gasteiger charge is 2.05. The Balaban J connectivity index is 2.33. The van der Waals surface area contributed by atoms with Gasteiger partial charge in [-0.1, -0.05) is 11.8 Å². The SMILES string of the molecule is Nc1cc(=O)[nH]c(Sc2cc(F)cc(CO)c2)n1. The number of halogens is 1. The van der Waals surface area contributed by atoms with Crippen molar-refractivity contribution in [3.63, 3.8) is 0 Å². The van der Waals surface area contributed by atoms with Crippen molar-refractivity contribution >= 4 is 17.6 Å². The summed E-state index contributed by atoms with van der Waals surface area (Å²) in [6.07, 6.45) is 0. The van der Waals surface area contributed by atoms with Crippen molar-refractivity contribution in [3.05, 3.63) is 46.0 Å². The Morgan fingerprint density at radius 3 is 2.83 bits per heavy atom. The Hall–Kier alpha value is -1.86. The fourth-order valence-electron chi connectivity index (χ4n) is 1.38. The molecule has 0 aliphatic carbocycles. The van der Waals surface area contributed by atoms with Crippen LogP contribution in [0.15, 0.2) is 39.1 Å². The number of hydrogen-bond donors (Lipinski definition) is 3. The summed E-state index contributed by atoms with van der Waals surface area (Å²) in [5, 5.41) is 9.24. The molecule has 0 saturated carbocycles. The average molecular weight is 267 g/mol. The molecular formula is C11H10FN3O2S. The van der Waals surface area contributed by atoms with Crippen molar-refractivity contribution in [2.45, 2.75) is 16.7 Å². The van der Waals surface area contributed by atoms with Gasteiger partial charge < -0.3 is 15.8 Å². The molecule has 18 heavy (non-hydrogen) atoms. The summed E-state index contributed by atoms with van der Waals surface area (Å²) < 4.78 is 13.2. The first-order valence-electron chi connectivity index (χ1n) is 5.02. The molecule has 0 amide bonds. The highest BCUT2D eigenvalue weighted by molar-refractivity contribution is 7.99. The molecule has 1 aromatic carbocycles. The molecule has 2 aromatic rings. The number of nitrogens with two attached hydrogens (primary N) is 1. The van der Waals surface area contributed by atoms with Gasteiger partial charge in [-0.05, 0) is 23.8 Å². The summed E-state index contributed by atoms with van der Waals surface area (Å²) >= 11 is 1.06. The number of nitrogens with one attached hydrogen (secondary N) is 1. The van der Waals surface area contributed by atoms with E-state index in [1.165, 1.54) is 12.1 Å². The van der Waals surface area contributed by atoms with Gasteiger partial charge in [0.1, 0.15) is 11.6 Å². The van der Waals surface area contributed by atoms with Gasteiger partial charge in [-0.3, -0.25) is 4.79 Å². The summed E-state index contributed by atoms with van der Waals surface area (Å²) in [6, 6.07) is 5.29. The van der Waals surface area contributed by atoms with E-state index in [1.807, 2.05) is 0 Å². The maximum absolute atomic E-state index is 13.2. The molecule has 7 heteroatoms. The van der Waals surface area contributed by atoms with E-state index in [2.05, 4.69) is 9.97 Å². The van der Waals surface area contributed by atoms with Gasteiger partial charge in [0, 0.05) is 11.0 Å². The van der Waals surface area contributed by atoms with Gasteiger partial charge in [-0.15, -0.1) is 0 Å². The normalized spacial score (nSPS) is 10.6. The predicted octanol–water partition coefficient (Wildman–Crippen LogP) is 1.13. The van der Waals surface area contributed by atoms with E-state index in [4.69, 9.17) is 10.8 Å². The van der Waals surface area contributed by atoms with Gasteiger partial charge in [0.15, 0.2) is 5.16 Å². The van der Waals surface area contributed by atoms with Crippen LogP contribution < -0.4 is 11.3 Å². The number of aliphatic hydroxyl groups excluding tert-OH is 1. The van der Waals surface area contributed by atoms with Gasteiger partial charge in [0.2, 0.25) is 0 Å². The van der Waals surface area contributed by atoms with E-state index in [1.54, 1.807) is 6.07 Å². The minimum Gasteiger partial charge on any atom is -0.392 e. The third-order valence-corrected chi connectivity index (χ3v) is 2.93. The maximum atomic E-state index is 13.2. The number of H-pyrrole nitrogens is 1. The molecule has 4 N–H and O–H groups in total. The molecular weight excluding hydrogens is 257 g/mol. The van der Waals surface area contributed by atoms with Crippen LogP contribution in [0.3, 0.4) is 0 Å². The standard InChI is InChI=1S/C11H10FN3O2S/c12-7-1-6(5-16)2-8(3-7)18-11-14-9(13)4-10(17)15-11/h1-4,16H,5H2,(H3,13,14,15,17). The summed E-state index contributed by atoms with van der Waals surface area (Å²) in [5.41, 5.74) is 5.52. The van der Waals surface area contributed by atoms with Crippen molar-refractivity contribution in [3.8, 4) is 0 Å². The highest BCUT2D eigenvalue weighted by atomic mass is 32.2. The number of aromatic nitrogens is 2. The molecule has 0 saturated heterocycles. The lowest BCUT2D eigenvalue weighted by Gasteiger charge is -2.04. The Kier molecular flexibility index (Phi) is 3.63. The van der Waals surface area contributed by atoms with Gasteiger partial charge in [-0.25, -0.2) is 9.37 Å². The van der Waals surface area contributed by atoms with Crippen LogP contribution in [-0.4, -0.2) is 15.1 Å². The van der Waals surface area contributed by atoms with E-state index in [9.17, 15) is 9.18 Å². The fraction of sp³-hybridized carbons (Fsp3) is 0.0909. The lowest BCUT2D eigenvalue weighted by atomic mass is 10.2. The van der Waals surface area contributed by atoms with Crippen molar-refractivity contribution in [1.29, 1.82) is 0 Å². The predicted molar refractivity (Wildman–Crippen MR) is 65.7 cm³/mol. The summed E-state index contributed by atoms with van der Waals surface area (Å²) in [7, 11) is 0. The Bertz CT molecular complexity index is 630. The van der Waals surface area contributed by atoms with Crippen molar-refractivity contribution < 1.29 is 9.50 Å². The minimum atomic E-state index is -0.463. The summed E-state index contributed by atoms with van der Waals surface area (Å²) in [5.74, 6) is -0.365. The molecule has 0 bridgehead atoms. The second-order valence-electron chi connectivity index (χ2n) is 3.53. The average Bonchev–Trinajstić information content (AvgIpc) is 2.26. The second-order valence-corrected chi connectivity index (χ2v) is 4.59. The third-order valence-electron chi connectivity index (χ3n) is 2.07. The van der Waals surface area contributed by atoms with Crippen molar-refractivity contribution in [1.82, 2.24) is 9.97 Å². The van der Waals surface area contributed by atoms with Gasteiger partial charge >= 0.3 is 0 Å². The first-order valence-corrected chi connectivity index (χ1v) is 5.83. The Morgan fingerprint density at radius 1 is 1.39 bits per heavy atom. The molecule has 0 fully saturated rings. The van der Waals surface area contributed by atoms with Gasteiger partial charge in [0.25, 0.3) is 5.56 Å². The summed E-state index contributed by atoms with van der Waals surface area (Å²) in [4.78, 5) is 18.1. The van der Waals surface area contributed by atoms with Crippen LogP contribution in [0, 0.1) is 5.82 Å². The molecule has 0 atom stereocenters. The number of anilines is 1. The number of aromatic amines is 1. The number of rotatable bonds is 3. The molecule has 0 radical (unpaired) electrons. The molecule has 5 nitrogen and oxygen atoms in total. The number of aliphatic hydroxyl groups is 1. The smallest absolute Gasteiger partial charge is 0.253 e. The van der Waals surface area contributed by atoms with Gasteiger partial charge in [0.05, 0.1) is 6.61 Å². The zero-order chi connectivity index (χ0) is 13.1. The Morgan fingerprint density at radius 2 is 2.17 bits per heavy atom. The summed E-state index contributed by atoms with van der Waals surface area (Å²) in [6.45, 7) is -0.258. The van der Waals surface area contributed by atoms with Gasteiger partial charge in [-0.2, -0.15) is 0 Å². The van der Waals surface area contributed by atoms with Crippen molar-refractivity contribution in [2.75, 3.05) is 5.73 Å². The largest absolute Gasteiger partial charge is 0.392 e. The monoisotopic (exact) mass is 267 g/mol. The molecule has 1 heterocycles. The van der Waals surface area contributed by atoms with E-state index in [-0.39, 0.29) is 23.1 Å². The third kappa shape index (κ3) is 3.08. The Labute approximate surface area is 106 Å². The van der Waals surface area contributed by atoms with Crippen LogP contribution in [0.25, 0.3) is 0 Å². The van der Waals surface area contributed by atoms with Crippen LogP contribution in [0.2, 0.25) is 0 Å². The van der Waals surface area contributed by atoms with Crippen LogP contribution in [-0.2, 0) is 6.61 Å². The molecule has 2 rings (SSSR count). The molecule has 0 spiro atoms. The fourth-order valence-corrected chi connectivity index (χ4v) is 2.29. The number of benzene rings is 1. The second kappa shape index (κ2) is 5.19. The molecule has 0 aliphatic rings. The van der Waals surface area contributed by atoms with Crippen LogP contribution in [0.5, 0.6) is 0 Å². The highest BCUT2D eigenvalue weighted by Crippen LogP contribution is 2.26. The first kappa shape index (κ1) is 12.6. The van der Waals surface area contributed by atoms with Crippen LogP contribution in [0.4, 0.5) is 10.2 Å². The maximum Gasteiger partial charge on any atom is 0.253 e. The molecule has 0 aliphatic heterocycles. The molecule has 1 aromatic heterocycles. The van der Waals surface area contributed by atoms with Crippen LogP contribution >= 0.6 is 11.8 Å². The quantitative estimate of drug-likeness (QED) is 0.725. The van der Waals surface area contributed by atoms with Crippen molar-refractivity contribution in [2.24, 2.45) is 0 Å². The lowest BCUT2D eigenvalue weighted by molar-refractivity contribution is 0.281. The minimum absolute atomic E-state index is 0.0973. The first-order chi connectivity index (χ1) is 8.56. The number of hydrogen-bond acceptors (Lipinski definition) is 5. The zero-order valence-corrected chi connectivity index (χ0v) is 10.00. The number of nitrogens with zero attached hydrogens (tertiary/aromatic N) is 1. The van der Waals surface area contributed by atoms with Crippen LogP contribution in [0.1, 0.15) is 5.56 Å². The number of nitrogen functional groups attached to an aromatic ring is 1.